The molecule has 1 unspecified atom stereocenters. The predicted molar refractivity (Wildman–Crippen MR) is 126 cm³/mol. The van der Waals surface area contributed by atoms with E-state index in [9.17, 15) is 14.4 Å². The second-order valence-electron chi connectivity index (χ2n) is 8.83. The Hall–Kier alpha value is -2.91. The highest BCUT2D eigenvalue weighted by atomic mass is 19.1. The summed E-state index contributed by atoms with van der Waals surface area (Å²) in [5.74, 6) is -0.390. The molecule has 3 rings (SSSR count). The number of nitrogens with one attached hydrogen (secondary N) is 1. The van der Waals surface area contributed by atoms with Gasteiger partial charge in [-0.15, -0.1) is 0 Å². The number of hydrogen-bond donors (Lipinski definition) is 1. The summed E-state index contributed by atoms with van der Waals surface area (Å²) in [5, 5.41) is 12.4. The minimum Gasteiger partial charge on any atom is -0.368 e. The van der Waals surface area contributed by atoms with Crippen molar-refractivity contribution >= 4 is 11.6 Å². The summed E-state index contributed by atoms with van der Waals surface area (Å²) in [6, 6.07) is 15.0. The fourth-order valence-corrected chi connectivity index (χ4v) is 4.38. The molecule has 1 atom stereocenters. The Morgan fingerprint density at radius 2 is 1.88 bits per heavy atom. The van der Waals surface area contributed by atoms with Gasteiger partial charge in [0.15, 0.2) is 0 Å². The average Bonchev–Trinajstić information content (AvgIpc) is 2.79. The number of para-hydroxylation sites is 1. The van der Waals surface area contributed by atoms with Crippen molar-refractivity contribution in [1.82, 2.24) is 10.2 Å². The second-order valence-corrected chi connectivity index (χ2v) is 8.83. The molecule has 0 aliphatic carbocycles. The number of benzene rings is 2. The number of nitrogens with zero attached hydrogens (tertiary/aromatic N) is 3. The highest BCUT2D eigenvalue weighted by molar-refractivity contribution is 5.84. The van der Waals surface area contributed by atoms with Crippen LogP contribution in [0.2, 0.25) is 0 Å². The van der Waals surface area contributed by atoms with Gasteiger partial charge in [0.25, 0.3) is 0 Å². The van der Waals surface area contributed by atoms with Crippen molar-refractivity contribution in [2.75, 3.05) is 44.2 Å². The van der Waals surface area contributed by atoms with Crippen LogP contribution >= 0.6 is 0 Å². The van der Waals surface area contributed by atoms with Gasteiger partial charge in [-0.05, 0) is 55.1 Å². The van der Waals surface area contributed by atoms with E-state index in [0.29, 0.717) is 12.1 Å². The first-order valence-corrected chi connectivity index (χ1v) is 11.4. The minimum atomic E-state index is -0.280. The second kappa shape index (κ2) is 11.1. The van der Waals surface area contributed by atoms with E-state index in [-0.39, 0.29) is 23.6 Å². The molecule has 1 amide bonds. The van der Waals surface area contributed by atoms with Crippen LogP contribution < -0.4 is 10.2 Å². The molecule has 1 fully saturated rings. The maximum absolute atomic E-state index is 13.6. The Kier molecular flexibility index (Phi) is 8.24. The molecule has 0 radical (unpaired) electrons. The average molecular weight is 437 g/mol. The molecule has 1 aliphatic rings. The Morgan fingerprint density at radius 1 is 1.16 bits per heavy atom. The van der Waals surface area contributed by atoms with Gasteiger partial charge < -0.3 is 10.2 Å². The van der Waals surface area contributed by atoms with Crippen LogP contribution in [0.3, 0.4) is 0 Å². The van der Waals surface area contributed by atoms with Crippen LogP contribution in [0.1, 0.15) is 42.9 Å². The van der Waals surface area contributed by atoms with Crippen molar-refractivity contribution in [1.29, 1.82) is 5.26 Å². The van der Waals surface area contributed by atoms with E-state index in [2.05, 4.69) is 21.2 Å². The van der Waals surface area contributed by atoms with Crippen molar-refractivity contribution in [3.63, 3.8) is 0 Å². The summed E-state index contributed by atoms with van der Waals surface area (Å²) >= 11 is 0. The molecule has 32 heavy (non-hydrogen) atoms. The standard InChI is InChI=1S/C26H33FN4O/c1-19(2)25(21-9-10-23(27)20(3)17-21)26(32)29-11-6-12-30-13-15-31(16-14-30)24-8-5-4-7-22(24)18-28/h4-5,7-10,17,19,25H,6,11-16H2,1-3H3,(H,29,32). The number of carbonyl (C=O) groups is 1. The molecule has 1 saturated heterocycles. The number of anilines is 1. The zero-order chi connectivity index (χ0) is 23.1. The van der Waals surface area contributed by atoms with E-state index in [0.717, 1.165) is 56.0 Å². The monoisotopic (exact) mass is 436 g/mol. The lowest BCUT2D eigenvalue weighted by Crippen LogP contribution is -2.47. The first-order valence-electron chi connectivity index (χ1n) is 11.4. The number of amides is 1. The largest absolute Gasteiger partial charge is 0.368 e. The maximum atomic E-state index is 13.6. The van der Waals surface area contributed by atoms with Crippen molar-refractivity contribution in [2.45, 2.75) is 33.1 Å². The Bertz CT molecular complexity index is 961. The van der Waals surface area contributed by atoms with Gasteiger partial charge in [0, 0.05) is 32.7 Å². The number of aryl methyl sites for hydroxylation is 1. The summed E-state index contributed by atoms with van der Waals surface area (Å²) < 4.78 is 13.6. The quantitative estimate of drug-likeness (QED) is 0.634. The van der Waals surface area contributed by atoms with E-state index in [1.165, 1.54) is 6.07 Å². The van der Waals surface area contributed by atoms with Crippen molar-refractivity contribution in [3.8, 4) is 6.07 Å². The molecule has 6 heteroatoms. The molecule has 0 saturated carbocycles. The SMILES string of the molecule is Cc1cc(C(C(=O)NCCCN2CCN(c3ccccc3C#N)CC2)C(C)C)ccc1F. The normalized spacial score (nSPS) is 15.4. The van der Waals surface area contributed by atoms with Gasteiger partial charge in [0.05, 0.1) is 17.2 Å². The molecule has 2 aromatic carbocycles. The van der Waals surface area contributed by atoms with Crippen LogP contribution in [0.5, 0.6) is 0 Å². The highest BCUT2D eigenvalue weighted by Crippen LogP contribution is 2.26. The Morgan fingerprint density at radius 3 is 2.53 bits per heavy atom. The smallest absolute Gasteiger partial charge is 0.227 e. The van der Waals surface area contributed by atoms with E-state index in [4.69, 9.17) is 0 Å². The van der Waals surface area contributed by atoms with Gasteiger partial charge in [-0.25, -0.2) is 4.39 Å². The lowest BCUT2D eigenvalue weighted by Gasteiger charge is -2.36. The van der Waals surface area contributed by atoms with Gasteiger partial charge in [0.2, 0.25) is 5.91 Å². The predicted octanol–water partition coefficient (Wildman–Crippen LogP) is 4.07. The molecule has 1 N–H and O–H groups in total. The van der Waals surface area contributed by atoms with Crippen molar-refractivity contribution in [3.05, 3.63) is 65.0 Å². The Balaban J connectivity index is 1.44. The third-order valence-corrected chi connectivity index (χ3v) is 6.18. The van der Waals surface area contributed by atoms with Crippen LogP contribution in [-0.4, -0.2) is 50.1 Å². The fraction of sp³-hybridized carbons (Fsp3) is 0.462. The van der Waals surface area contributed by atoms with E-state index < -0.39 is 0 Å². The summed E-state index contributed by atoms with van der Waals surface area (Å²) in [6.45, 7) is 11.0. The minimum absolute atomic E-state index is 0.00365. The number of halogens is 1. The molecule has 0 aromatic heterocycles. The Labute approximate surface area is 190 Å². The molecular weight excluding hydrogens is 403 g/mol. The van der Waals surface area contributed by atoms with Crippen LogP contribution in [0.15, 0.2) is 42.5 Å². The van der Waals surface area contributed by atoms with Crippen LogP contribution in [0, 0.1) is 30.0 Å². The molecule has 2 aromatic rings. The van der Waals surface area contributed by atoms with E-state index in [1.54, 1.807) is 19.1 Å². The fourth-order valence-electron chi connectivity index (χ4n) is 4.38. The number of carbonyl (C=O) groups excluding carboxylic acids is 1. The van der Waals surface area contributed by atoms with Gasteiger partial charge in [-0.2, -0.15) is 5.26 Å². The summed E-state index contributed by atoms with van der Waals surface area (Å²) in [6.07, 6.45) is 0.883. The molecule has 1 aliphatic heterocycles. The number of hydrogen-bond acceptors (Lipinski definition) is 4. The van der Waals surface area contributed by atoms with Crippen molar-refractivity contribution in [2.24, 2.45) is 5.92 Å². The van der Waals surface area contributed by atoms with Gasteiger partial charge >= 0.3 is 0 Å². The lowest BCUT2D eigenvalue weighted by molar-refractivity contribution is -0.123. The first kappa shape index (κ1) is 23.7. The van der Waals surface area contributed by atoms with Crippen LogP contribution in [0.25, 0.3) is 0 Å². The van der Waals surface area contributed by atoms with Gasteiger partial charge in [0.1, 0.15) is 11.9 Å². The zero-order valence-corrected chi connectivity index (χ0v) is 19.3. The molecule has 170 valence electrons. The highest BCUT2D eigenvalue weighted by Gasteiger charge is 2.24. The van der Waals surface area contributed by atoms with Gasteiger partial charge in [-0.1, -0.05) is 38.1 Å². The van der Waals surface area contributed by atoms with Crippen LogP contribution in [-0.2, 0) is 4.79 Å². The maximum Gasteiger partial charge on any atom is 0.227 e. The topological polar surface area (TPSA) is 59.4 Å². The lowest BCUT2D eigenvalue weighted by atomic mass is 9.87. The number of nitriles is 1. The van der Waals surface area contributed by atoms with Crippen molar-refractivity contribution < 1.29 is 9.18 Å². The molecule has 0 spiro atoms. The third kappa shape index (κ3) is 5.86. The summed E-state index contributed by atoms with van der Waals surface area (Å²) in [5.41, 5.74) is 3.17. The molecule has 0 bridgehead atoms. The first-order chi connectivity index (χ1) is 15.4. The van der Waals surface area contributed by atoms with E-state index >= 15 is 0 Å². The number of rotatable bonds is 8. The molecular formula is C26H33FN4O. The van der Waals surface area contributed by atoms with E-state index in [1.807, 2.05) is 38.1 Å². The van der Waals surface area contributed by atoms with Gasteiger partial charge in [-0.3, -0.25) is 9.69 Å². The summed E-state index contributed by atoms with van der Waals surface area (Å²) in [4.78, 5) is 17.5. The molecule has 1 heterocycles. The zero-order valence-electron chi connectivity index (χ0n) is 19.3. The summed E-state index contributed by atoms with van der Waals surface area (Å²) in [7, 11) is 0. The third-order valence-electron chi connectivity index (χ3n) is 6.18. The molecule has 5 nitrogen and oxygen atoms in total. The van der Waals surface area contributed by atoms with Crippen LogP contribution in [0.4, 0.5) is 10.1 Å². The number of piperazine rings is 1.